The van der Waals surface area contributed by atoms with Crippen LogP contribution in [-0.2, 0) is 83.2 Å². The van der Waals surface area contributed by atoms with Gasteiger partial charge < -0.3 is 38.5 Å². The van der Waals surface area contributed by atoms with Crippen LogP contribution in [0.2, 0.25) is 0 Å². The van der Waals surface area contributed by atoms with Crippen molar-refractivity contribution in [3.63, 3.8) is 0 Å². The number of hydrogen-bond acceptors (Lipinski definition) is 16. The number of cyclic esters (lactones) is 4. The first-order valence-electron chi connectivity index (χ1n) is 31.6. The first-order valence-corrected chi connectivity index (χ1v) is 31.6. The number of ether oxygens (including phenoxy) is 4. The van der Waals surface area contributed by atoms with Crippen molar-refractivity contribution in [2.24, 2.45) is 23.7 Å². The normalized spacial score (nSPS) is 21.7. The molecule has 492 valence electrons. The van der Waals surface area contributed by atoms with Gasteiger partial charge in [-0.2, -0.15) is 10.2 Å². The third kappa shape index (κ3) is 19.0. The number of pyridine rings is 2. The summed E-state index contributed by atoms with van der Waals surface area (Å²) in [7, 11) is 5.57. The Hall–Kier alpha value is -9.08. The minimum Gasteiger partial charge on any atom is -0.451 e. The second-order valence-electron chi connectivity index (χ2n) is 25.7. The van der Waals surface area contributed by atoms with E-state index in [0.29, 0.717) is 35.6 Å². The molecule has 0 bridgehead atoms. The van der Waals surface area contributed by atoms with Gasteiger partial charge in [-0.1, -0.05) is 116 Å². The molecule has 1 fully saturated rings. The van der Waals surface area contributed by atoms with Gasteiger partial charge in [-0.15, -0.1) is 0 Å². The number of hydrogen-bond donors (Lipinski definition) is 0. The zero-order valence-electron chi connectivity index (χ0n) is 55.5. The quantitative estimate of drug-likeness (QED) is 0.0580. The fraction of sp³-hybridized carbons (Fsp3) is 0.486. The smallest absolute Gasteiger partial charge is 0.329 e. The fourth-order valence-corrected chi connectivity index (χ4v) is 11.0. The van der Waals surface area contributed by atoms with Crippen molar-refractivity contribution in [1.29, 1.82) is 0 Å². The van der Waals surface area contributed by atoms with Crippen LogP contribution in [0.1, 0.15) is 117 Å². The third-order valence-corrected chi connectivity index (χ3v) is 16.2. The Morgan fingerprint density at radius 1 is 0.370 bits per heavy atom. The van der Waals surface area contributed by atoms with Crippen LogP contribution in [0.4, 0.5) is 0 Å². The molecule has 0 N–H and O–H groups in total. The zero-order chi connectivity index (χ0) is 67.1. The molecule has 0 radical (unpaired) electrons. The van der Waals surface area contributed by atoms with Crippen LogP contribution < -0.4 is 0 Å². The Labute approximate surface area is 539 Å². The number of esters is 4. The lowest BCUT2D eigenvalue weighted by Gasteiger charge is -2.35. The number of carbonyl (C=O) groups is 8. The number of benzene rings is 2. The van der Waals surface area contributed by atoms with Crippen molar-refractivity contribution in [3.8, 4) is 22.8 Å². The van der Waals surface area contributed by atoms with Gasteiger partial charge in [0, 0.05) is 65.8 Å². The van der Waals surface area contributed by atoms with Gasteiger partial charge in [0.25, 0.3) is 23.6 Å². The molecule has 0 spiro atoms. The van der Waals surface area contributed by atoms with Gasteiger partial charge >= 0.3 is 23.9 Å². The maximum absolute atomic E-state index is 15.2. The highest BCUT2D eigenvalue weighted by atomic mass is 16.6. The van der Waals surface area contributed by atoms with Crippen molar-refractivity contribution in [2.75, 3.05) is 28.2 Å². The lowest BCUT2D eigenvalue weighted by molar-refractivity contribution is -0.176. The van der Waals surface area contributed by atoms with Crippen LogP contribution in [0, 0.1) is 23.7 Å². The van der Waals surface area contributed by atoms with Crippen LogP contribution in [0.25, 0.3) is 22.8 Å². The molecule has 0 unspecified atom stereocenters. The number of nitrogens with zero attached hydrogens (tertiary/aromatic N) is 10. The van der Waals surface area contributed by atoms with Crippen LogP contribution in [0.5, 0.6) is 0 Å². The molecule has 22 heteroatoms. The minimum atomic E-state index is -1.56. The predicted molar refractivity (Wildman–Crippen MR) is 344 cm³/mol. The molecule has 8 atom stereocenters. The van der Waals surface area contributed by atoms with Crippen molar-refractivity contribution in [3.05, 3.63) is 144 Å². The monoisotopic (exact) mass is 1260 g/mol. The maximum Gasteiger partial charge on any atom is 0.329 e. The molecule has 2 aromatic carbocycles. The molecule has 1 aliphatic heterocycles. The summed E-state index contributed by atoms with van der Waals surface area (Å²) in [6.45, 7) is 18.4. The van der Waals surface area contributed by atoms with Gasteiger partial charge in [-0.3, -0.25) is 38.5 Å². The minimum absolute atomic E-state index is 0.0667. The molecule has 6 aromatic rings. The van der Waals surface area contributed by atoms with E-state index in [0.717, 1.165) is 42.1 Å². The van der Waals surface area contributed by atoms with Crippen LogP contribution in [0.3, 0.4) is 0 Å². The van der Waals surface area contributed by atoms with Gasteiger partial charge in [0.05, 0.1) is 24.5 Å². The summed E-state index contributed by atoms with van der Waals surface area (Å²) >= 11 is 0. The summed E-state index contributed by atoms with van der Waals surface area (Å²) in [6, 6.07) is 24.4. The van der Waals surface area contributed by atoms with Crippen LogP contribution >= 0.6 is 0 Å². The first kappa shape index (κ1) is 70.4. The average Bonchev–Trinajstić information content (AvgIpc) is 1.20. The predicted octanol–water partition coefficient (Wildman–Crippen LogP) is 8.28. The lowest BCUT2D eigenvalue weighted by atomic mass is 9.99. The Morgan fingerprint density at radius 3 is 0.957 bits per heavy atom. The number of likely N-dealkylation sites (N-methyl/N-ethyl adjacent to an activating group) is 4. The van der Waals surface area contributed by atoms with Gasteiger partial charge in [0.1, 0.15) is 35.6 Å². The molecule has 4 amide bonds. The lowest BCUT2D eigenvalue weighted by Crippen LogP contribution is -2.55. The molecule has 22 nitrogen and oxygen atoms in total. The van der Waals surface area contributed by atoms with Gasteiger partial charge in [0.2, 0.25) is 0 Å². The highest BCUT2D eigenvalue weighted by molar-refractivity contribution is 5.94. The summed E-state index contributed by atoms with van der Waals surface area (Å²) < 4.78 is 28.0. The topological polar surface area (TPSA) is 248 Å². The zero-order valence-corrected chi connectivity index (χ0v) is 55.5. The fourth-order valence-electron chi connectivity index (χ4n) is 11.0. The second-order valence-corrected chi connectivity index (χ2v) is 25.7. The van der Waals surface area contributed by atoms with E-state index < -0.39 is 96.1 Å². The van der Waals surface area contributed by atoms with E-state index >= 15 is 9.59 Å². The van der Waals surface area contributed by atoms with Crippen molar-refractivity contribution in [2.45, 2.75) is 169 Å². The summed E-state index contributed by atoms with van der Waals surface area (Å²) in [5, 5.41) is 9.37. The van der Waals surface area contributed by atoms with E-state index in [-0.39, 0.29) is 62.2 Å². The molecule has 7 rings (SSSR count). The summed E-state index contributed by atoms with van der Waals surface area (Å²) in [5.41, 5.74) is 5.82. The molecule has 1 aliphatic rings. The Bertz CT molecular complexity index is 3220. The molecule has 0 saturated carbocycles. The summed E-state index contributed by atoms with van der Waals surface area (Å²) in [6.07, 6.45) is 0.913. The van der Waals surface area contributed by atoms with Crippen LogP contribution in [0.15, 0.2) is 122 Å². The molecular formula is C70H90N10O12. The number of amides is 4. The van der Waals surface area contributed by atoms with Crippen molar-refractivity contribution in [1.82, 2.24) is 49.1 Å². The van der Waals surface area contributed by atoms with E-state index in [4.69, 9.17) is 18.9 Å². The largest absolute Gasteiger partial charge is 0.451 e. The van der Waals surface area contributed by atoms with E-state index in [1.54, 1.807) is 46.0 Å². The standard InChI is InChI=1S/C70H90N10O12/c1-43(2)35-57-67(85)89-47(9)63(81)75(11)60(38-46(7)8)70(88)92-62(40-50-23-27-52(28-24-50)42-80-34-30-56(74-80)54-20-16-18-32-72-54)66(84)78(14)58(36-44(3)4)68(86)90-48(10)64(82)76(12)59(37-45(5)6)69(87)91-61(65(83)77(57)13)39-49-21-25-51(26-22-49)41-79-33-29-55(73-79)53-19-15-17-31-71-53/h15-34,43-48,57-62H,35-42H2,1-14H3/t47-,48-,57+,58+,59+,60+,61-,62-/m1/s1. The van der Waals surface area contributed by atoms with Gasteiger partial charge in [0.15, 0.2) is 24.4 Å². The van der Waals surface area contributed by atoms with E-state index in [1.807, 2.05) is 141 Å². The number of rotatable bonds is 18. The Balaban J connectivity index is 1.22. The van der Waals surface area contributed by atoms with Crippen molar-refractivity contribution < 1.29 is 57.3 Å². The highest BCUT2D eigenvalue weighted by Gasteiger charge is 2.43. The molecule has 1 saturated heterocycles. The van der Waals surface area contributed by atoms with Gasteiger partial charge in [-0.25, -0.2) is 19.2 Å². The molecule has 0 aliphatic carbocycles. The maximum atomic E-state index is 15.2. The third-order valence-electron chi connectivity index (χ3n) is 16.2. The number of aromatic nitrogens is 6. The second kappa shape index (κ2) is 32.3. The number of carbonyl (C=O) groups excluding carboxylic acids is 8. The Morgan fingerprint density at radius 2 is 0.663 bits per heavy atom. The SMILES string of the molecule is CC(C)C[C@H]1C(=O)O[C@H](Cc2ccc(Cn3ccc(-c4ccccn4)n3)cc2)C(=O)N(C)[C@@H](CC(C)C)C(=O)O[C@H](C)C(=O)N(C)[C@@H](CC(C)C)C(=O)O[C@H](Cc2ccc(Cn3ccc(-c4ccccn4)n3)cc2)C(=O)N(C)[C@@H](CC(C)C)C(=O)O[C@H](C)C(=O)N1C. The van der Waals surface area contributed by atoms with Gasteiger partial charge in [-0.05, 0) is 122 Å². The van der Waals surface area contributed by atoms with E-state index in [9.17, 15) is 28.8 Å². The Kier molecular flexibility index (Phi) is 24.7. The molecule has 4 aromatic heterocycles. The summed E-state index contributed by atoms with van der Waals surface area (Å²) in [4.78, 5) is 132. The summed E-state index contributed by atoms with van der Waals surface area (Å²) in [5.74, 6) is -7.60. The highest BCUT2D eigenvalue weighted by Crippen LogP contribution is 2.26. The molecule has 5 heterocycles. The first-order chi connectivity index (χ1) is 43.7. The van der Waals surface area contributed by atoms with Crippen molar-refractivity contribution >= 4 is 47.5 Å². The molecular weight excluding hydrogens is 1170 g/mol. The van der Waals surface area contributed by atoms with Crippen LogP contribution in [-0.4, -0.2) is 173 Å². The van der Waals surface area contributed by atoms with E-state index in [1.165, 1.54) is 42.0 Å². The molecule has 92 heavy (non-hydrogen) atoms. The average molecular weight is 1260 g/mol. The van der Waals surface area contributed by atoms with E-state index in [2.05, 4.69) is 20.2 Å².